The lowest BCUT2D eigenvalue weighted by molar-refractivity contribution is 0.281. The summed E-state index contributed by atoms with van der Waals surface area (Å²) in [6.07, 6.45) is 1.74. The monoisotopic (exact) mass is 405 g/mol. The standard InChI is InChI=1S/C22H27N5OSi/c1-22(2,3)29(18-11-7-5-8-12-18,19-13-9-6-10-14-19)28-16-20-21(15-25-26-23)27(4)17-24-20/h5-14,17H,15-16H2,1-4H3. The Hall–Kier alpha value is -2.86. The number of aromatic nitrogens is 2. The molecule has 3 rings (SSSR count). The summed E-state index contributed by atoms with van der Waals surface area (Å²) in [5.74, 6) is 0. The third-order valence-corrected chi connectivity index (χ3v) is 10.3. The van der Waals surface area contributed by atoms with Gasteiger partial charge in [0.15, 0.2) is 0 Å². The van der Waals surface area contributed by atoms with E-state index in [0.29, 0.717) is 6.61 Å². The minimum absolute atomic E-state index is 0.102. The first-order valence-electron chi connectivity index (χ1n) is 9.65. The number of hydrogen-bond acceptors (Lipinski definition) is 3. The molecule has 0 N–H and O–H groups in total. The Labute approximate surface area is 172 Å². The molecule has 0 radical (unpaired) electrons. The summed E-state index contributed by atoms with van der Waals surface area (Å²) in [5.41, 5.74) is 10.4. The van der Waals surface area contributed by atoms with Gasteiger partial charge in [0.2, 0.25) is 0 Å². The average Bonchev–Trinajstić information content (AvgIpc) is 3.07. The molecule has 0 spiro atoms. The molecule has 0 amide bonds. The lowest BCUT2D eigenvalue weighted by Gasteiger charge is -2.43. The lowest BCUT2D eigenvalue weighted by Crippen LogP contribution is -2.66. The van der Waals surface area contributed by atoms with Crippen molar-refractivity contribution < 1.29 is 4.43 Å². The van der Waals surface area contributed by atoms with Gasteiger partial charge in [-0.15, -0.1) is 0 Å². The van der Waals surface area contributed by atoms with Gasteiger partial charge in [0.05, 0.1) is 25.2 Å². The maximum Gasteiger partial charge on any atom is 0.261 e. The molecule has 29 heavy (non-hydrogen) atoms. The molecule has 0 saturated carbocycles. The van der Waals surface area contributed by atoms with Gasteiger partial charge in [-0.3, -0.25) is 0 Å². The molecule has 0 bridgehead atoms. The lowest BCUT2D eigenvalue weighted by atomic mass is 10.2. The Balaban J connectivity index is 2.09. The highest BCUT2D eigenvalue weighted by Gasteiger charge is 2.50. The van der Waals surface area contributed by atoms with Gasteiger partial charge in [-0.05, 0) is 20.9 Å². The highest BCUT2D eigenvalue weighted by Crippen LogP contribution is 2.37. The molecule has 0 fully saturated rings. The number of aryl methyl sites for hydroxylation is 1. The second-order valence-electron chi connectivity index (χ2n) is 8.09. The van der Waals surface area contributed by atoms with Crippen molar-refractivity contribution in [3.05, 3.63) is 88.8 Å². The Morgan fingerprint density at radius 3 is 2.07 bits per heavy atom. The minimum Gasteiger partial charge on any atom is -0.401 e. The minimum atomic E-state index is -2.63. The molecule has 0 aliphatic rings. The molecule has 0 aliphatic carbocycles. The summed E-state index contributed by atoms with van der Waals surface area (Å²) in [5, 5.41) is 6.08. The number of rotatable bonds is 7. The number of hydrogen-bond donors (Lipinski definition) is 0. The fraction of sp³-hybridized carbons (Fsp3) is 0.318. The van der Waals surface area contributed by atoms with Crippen LogP contribution in [-0.2, 0) is 24.6 Å². The second-order valence-corrected chi connectivity index (χ2v) is 12.4. The molecule has 1 heterocycles. The van der Waals surface area contributed by atoms with E-state index < -0.39 is 8.32 Å². The van der Waals surface area contributed by atoms with E-state index in [4.69, 9.17) is 9.96 Å². The van der Waals surface area contributed by atoms with Crippen molar-refractivity contribution in [1.82, 2.24) is 9.55 Å². The van der Waals surface area contributed by atoms with Gasteiger partial charge in [0, 0.05) is 17.7 Å². The third-order valence-electron chi connectivity index (χ3n) is 5.27. The van der Waals surface area contributed by atoms with E-state index in [1.54, 1.807) is 6.33 Å². The van der Waals surface area contributed by atoms with Crippen molar-refractivity contribution in [3.63, 3.8) is 0 Å². The maximum atomic E-state index is 8.71. The molecular formula is C22H27N5OSi. The Morgan fingerprint density at radius 1 is 1.03 bits per heavy atom. The third kappa shape index (κ3) is 4.12. The Morgan fingerprint density at radius 2 is 1.59 bits per heavy atom. The summed E-state index contributed by atoms with van der Waals surface area (Å²) in [6.45, 7) is 7.37. The fourth-order valence-electron chi connectivity index (χ4n) is 3.86. The predicted molar refractivity (Wildman–Crippen MR) is 118 cm³/mol. The van der Waals surface area contributed by atoms with Gasteiger partial charge in [0.25, 0.3) is 8.32 Å². The smallest absolute Gasteiger partial charge is 0.261 e. The van der Waals surface area contributed by atoms with Crippen LogP contribution in [0.5, 0.6) is 0 Å². The van der Waals surface area contributed by atoms with Gasteiger partial charge in [-0.1, -0.05) is 86.5 Å². The van der Waals surface area contributed by atoms with Crippen LogP contribution >= 0.6 is 0 Å². The topological polar surface area (TPSA) is 75.8 Å². The maximum absolute atomic E-state index is 8.71. The molecule has 0 unspecified atom stereocenters. The predicted octanol–water partition coefficient (Wildman–Crippen LogP) is 4.31. The van der Waals surface area contributed by atoms with Crippen molar-refractivity contribution in [3.8, 4) is 0 Å². The van der Waals surface area contributed by atoms with E-state index in [1.807, 2.05) is 23.7 Å². The van der Waals surface area contributed by atoms with Crippen LogP contribution in [0.1, 0.15) is 32.2 Å². The van der Waals surface area contributed by atoms with Gasteiger partial charge >= 0.3 is 0 Å². The van der Waals surface area contributed by atoms with Crippen LogP contribution in [0.15, 0.2) is 72.1 Å². The second kappa shape index (κ2) is 8.65. The molecule has 0 atom stereocenters. The summed E-state index contributed by atoms with van der Waals surface area (Å²) < 4.78 is 8.80. The molecular weight excluding hydrogens is 378 g/mol. The van der Waals surface area contributed by atoms with Gasteiger partial charge in [-0.25, -0.2) is 4.98 Å². The summed E-state index contributed by atoms with van der Waals surface area (Å²) in [4.78, 5) is 7.41. The van der Waals surface area contributed by atoms with Gasteiger partial charge in [-0.2, -0.15) is 0 Å². The van der Waals surface area contributed by atoms with Crippen LogP contribution in [0.4, 0.5) is 0 Å². The average molecular weight is 406 g/mol. The van der Waals surface area contributed by atoms with E-state index in [0.717, 1.165) is 11.4 Å². The van der Waals surface area contributed by atoms with Crippen molar-refractivity contribution >= 4 is 18.7 Å². The SMILES string of the molecule is Cn1cnc(CO[Si](c2ccccc2)(c2ccccc2)C(C)(C)C)c1CN=[N+]=[N-]. The number of nitrogens with zero attached hydrogens (tertiary/aromatic N) is 5. The highest BCUT2D eigenvalue weighted by molar-refractivity contribution is 6.99. The van der Waals surface area contributed by atoms with Crippen LogP contribution in [0.25, 0.3) is 10.4 Å². The molecule has 0 saturated heterocycles. The Kier molecular flexibility index (Phi) is 6.22. The largest absolute Gasteiger partial charge is 0.401 e. The fourth-order valence-corrected chi connectivity index (χ4v) is 8.37. The zero-order valence-electron chi connectivity index (χ0n) is 17.4. The molecule has 0 aliphatic heterocycles. The van der Waals surface area contributed by atoms with Crippen LogP contribution in [0, 0.1) is 0 Å². The van der Waals surface area contributed by atoms with Crippen molar-refractivity contribution in [1.29, 1.82) is 0 Å². The van der Waals surface area contributed by atoms with E-state index in [2.05, 4.69) is 84.3 Å². The van der Waals surface area contributed by atoms with Gasteiger partial charge < -0.3 is 8.99 Å². The van der Waals surface area contributed by atoms with Crippen LogP contribution < -0.4 is 10.4 Å². The first-order chi connectivity index (χ1) is 13.9. The normalized spacial score (nSPS) is 11.9. The summed E-state index contributed by atoms with van der Waals surface area (Å²) in [7, 11) is -0.725. The van der Waals surface area contributed by atoms with Crippen LogP contribution in [0.3, 0.4) is 0 Å². The van der Waals surface area contributed by atoms with Crippen molar-refractivity contribution in [2.75, 3.05) is 0 Å². The zero-order chi connectivity index (χ0) is 20.9. The van der Waals surface area contributed by atoms with E-state index in [9.17, 15) is 0 Å². The molecule has 6 nitrogen and oxygen atoms in total. The number of imidazole rings is 1. The molecule has 3 aromatic rings. The van der Waals surface area contributed by atoms with Crippen molar-refractivity contribution in [2.45, 2.75) is 39.0 Å². The summed E-state index contributed by atoms with van der Waals surface area (Å²) >= 11 is 0. The van der Waals surface area contributed by atoms with E-state index in [1.165, 1.54) is 10.4 Å². The first-order valence-corrected chi connectivity index (χ1v) is 11.6. The number of azide groups is 1. The first kappa shape index (κ1) is 20.9. The molecule has 1 aromatic heterocycles. The quantitative estimate of drug-likeness (QED) is 0.254. The molecule has 2 aromatic carbocycles. The van der Waals surface area contributed by atoms with E-state index in [-0.39, 0.29) is 11.6 Å². The highest BCUT2D eigenvalue weighted by atomic mass is 28.4. The Bertz CT molecular complexity index is 950. The van der Waals surface area contributed by atoms with E-state index >= 15 is 0 Å². The zero-order valence-corrected chi connectivity index (χ0v) is 18.4. The van der Waals surface area contributed by atoms with Gasteiger partial charge in [0.1, 0.15) is 0 Å². The van der Waals surface area contributed by atoms with Crippen LogP contribution in [0.2, 0.25) is 5.04 Å². The molecule has 7 heteroatoms. The number of benzene rings is 2. The van der Waals surface area contributed by atoms with Crippen molar-refractivity contribution in [2.24, 2.45) is 12.2 Å². The molecule has 150 valence electrons. The van der Waals surface area contributed by atoms with Crippen LogP contribution in [-0.4, -0.2) is 17.9 Å². The summed E-state index contributed by atoms with van der Waals surface area (Å²) in [6, 6.07) is 21.0.